The number of nitrogens with zero attached hydrogens (tertiary/aromatic N) is 1. The fraction of sp³-hybridized carbons (Fsp3) is 0.500. The Balaban J connectivity index is 2.51. The van der Waals surface area contributed by atoms with Crippen LogP contribution in [0.15, 0.2) is 18.2 Å². The lowest BCUT2D eigenvalue weighted by molar-refractivity contribution is -0.386. The predicted molar refractivity (Wildman–Crippen MR) is 78.1 cm³/mol. The van der Waals surface area contributed by atoms with E-state index < -0.39 is 10.7 Å². The zero-order chi connectivity index (χ0) is 16.0. The standard InChI is InChI=1S/C14H20FN3O3/c1-14(2,13(16)17)8-3-4-9-21-12-10(15)6-5-7-11(12)18(19)20/h5-7H,3-4,8-9H2,1-2H3,(H3,16,17). The number of nitrogens with two attached hydrogens (primary N) is 1. The molecule has 7 heteroatoms. The SMILES string of the molecule is CC(C)(CCCCOc1c(F)cccc1[N+](=O)[O-])C(=N)N. The normalized spacial score (nSPS) is 11.2. The van der Waals surface area contributed by atoms with E-state index in [-0.39, 0.29) is 29.3 Å². The first kappa shape index (κ1) is 16.9. The molecule has 1 rings (SSSR count). The number of halogens is 1. The molecule has 0 heterocycles. The van der Waals surface area contributed by atoms with E-state index in [0.717, 1.165) is 12.5 Å². The molecule has 0 radical (unpaired) electrons. The zero-order valence-electron chi connectivity index (χ0n) is 12.2. The number of benzene rings is 1. The third-order valence-electron chi connectivity index (χ3n) is 3.31. The highest BCUT2D eigenvalue weighted by atomic mass is 19.1. The monoisotopic (exact) mass is 297 g/mol. The van der Waals surface area contributed by atoms with Gasteiger partial charge in [-0.1, -0.05) is 19.9 Å². The number of para-hydroxylation sites is 1. The summed E-state index contributed by atoms with van der Waals surface area (Å²) in [5.74, 6) is -0.949. The summed E-state index contributed by atoms with van der Waals surface area (Å²) in [6.45, 7) is 3.92. The molecule has 1 aromatic carbocycles. The molecule has 0 aliphatic rings. The van der Waals surface area contributed by atoms with E-state index >= 15 is 0 Å². The van der Waals surface area contributed by atoms with Gasteiger partial charge in [0.2, 0.25) is 5.75 Å². The summed E-state index contributed by atoms with van der Waals surface area (Å²) < 4.78 is 18.7. The van der Waals surface area contributed by atoms with Crippen LogP contribution in [0.5, 0.6) is 5.75 Å². The molecule has 21 heavy (non-hydrogen) atoms. The summed E-state index contributed by atoms with van der Waals surface area (Å²) >= 11 is 0. The molecule has 0 aromatic heterocycles. The summed E-state index contributed by atoms with van der Waals surface area (Å²) in [7, 11) is 0. The molecule has 3 N–H and O–H groups in total. The van der Waals surface area contributed by atoms with Crippen LogP contribution in [0.25, 0.3) is 0 Å². The van der Waals surface area contributed by atoms with Gasteiger partial charge in [0.05, 0.1) is 17.4 Å². The van der Waals surface area contributed by atoms with Gasteiger partial charge in [-0.25, -0.2) is 4.39 Å². The Morgan fingerprint density at radius 1 is 1.48 bits per heavy atom. The van der Waals surface area contributed by atoms with E-state index in [0.29, 0.717) is 12.8 Å². The minimum atomic E-state index is -0.742. The number of hydrogen-bond donors (Lipinski definition) is 2. The van der Waals surface area contributed by atoms with Gasteiger partial charge in [0.25, 0.3) is 0 Å². The number of nitro groups is 1. The van der Waals surface area contributed by atoms with Gasteiger partial charge in [-0.3, -0.25) is 15.5 Å². The Hall–Kier alpha value is -2.18. The van der Waals surface area contributed by atoms with Gasteiger partial charge in [0.15, 0.2) is 5.82 Å². The first-order chi connectivity index (χ1) is 9.75. The van der Waals surface area contributed by atoms with Crippen molar-refractivity contribution < 1.29 is 14.1 Å². The smallest absolute Gasteiger partial charge is 0.314 e. The average Bonchev–Trinajstić information content (AvgIpc) is 2.39. The topological polar surface area (TPSA) is 102 Å². The molecule has 0 unspecified atom stereocenters. The van der Waals surface area contributed by atoms with Crippen LogP contribution in [-0.4, -0.2) is 17.4 Å². The van der Waals surface area contributed by atoms with E-state index in [2.05, 4.69) is 0 Å². The second kappa shape index (κ2) is 7.01. The van der Waals surface area contributed by atoms with Crippen molar-refractivity contribution in [1.29, 1.82) is 5.41 Å². The number of rotatable bonds is 8. The third-order valence-corrected chi connectivity index (χ3v) is 3.31. The van der Waals surface area contributed by atoms with Gasteiger partial charge >= 0.3 is 5.69 Å². The summed E-state index contributed by atoms with van der Waals surface area (Å²) in [6.07, 6.45) is 2.03. The van der Waals surface area contributed by atoms with Crippen molar-refractivity contribution in [2.45, 2.75) is 33.1 Å². The third kappa shape index (κ3) is 4.70. The van der Waals surface area contributed by atoms with Gasteiger partial charge in [0, 0.05) is 11.5 Å². The number of hydrogen-bond acceptors (Lipinski definition) is 4. The molecule has 0 spiro atoms. The summed E-state index contributed by atoms with van der Waals surface area (Å²) in [5, 5.41) is 18.2. The second-order valence-corrected chi connectivity index (χ2v) is 5.45. The Morgan fingerprint density at radius 2 is 2.14 bits per heavy atom. The lowest BCUT2D eigenvalue weighted by Gasteiger charge is -2.22. The molecule has 0 saturated carbocycles. The van der Waals surface area contributed by atoms with Crippen molar-refractivity contribution >= 4 is 11.5 Å². The second-order valence-electron chi connectivity index (χ2n) is 5.45. The number of nitrogens with one attached hydrogen (secondary N) is 1. The molecule has 0 amide bonds. The Labute approximate surface area is 122 Å². The highest BCUT2D eigenvalue weighted by Crippen LogP contribution is 2.30. The zero-order valence-corrected chi connectivity index (χ0v) is 12.2. The minimum Gasteiger partial charge on any atom is -0.485 e. The van der Waals surface area contributed by atoms with Crippen LogP contribution in [0.4, 0.5) is 10.1 Å². The summed E-state index contributed by atoms with van der Waals surface area (Å²) in [4.78, 5) is 10.1. The molecular formula is C14H20FN3O3. The van der Waals surface area contributed by atoms with E-state index in [1.807, 2.05) is 13.8 Å². The Bertz CT molecular complexity index is 532. The molecule has 0 fully saturated rings. The lowest BCUT2D eigenvalue weighted by Crippen LogP contribution is -2.30. The summed E-state index contributed by atoms with van der Waals surface area (Å²) in [5.41, 5.74) is 4.72. The number of unbranched alkanes of at least 4 members (excludes halogenated alkanes) is 1. The molecule has 116 valence electrons. The molecular weight excluding hydrogens is 277 g/mol. The van der Waals surface area contributed by atoms with E-state index in [4.69, 9.17) is 15.9 Å². The molecule has 0 aliphatic heterocycles. The van der Waals surface area contributed by atoms with Crippen molar-refractivity contribution in [3.63, 3.8) is 0 Å². The maximum atomic E-state index is 13.5. The Kier molecular flexibility index (Phi) is 5.63. The van der Waals surface area contributed by atoms with Crippen LogP contribution in [0.3, 0.4) is 0 Å². The average molecular weight is 297 g/mol. The van der Waals surface area contributed by atoms with Crippen molar-refractivity contribution in [2.24, 2.45) is 11.1 Å². The van der Waals surface area contributed by atoms with Crippen molar-refractivity contribution in [3.8, 4) is 5.75 Å². The minimum absolute atomic E-state index is 0.119. The van der Waals surface area contributed by atoms with Crippen LogP contribution < -0.4 is 10.5 Å². The molecule has 1 aromatic rings. The predicted octanol–water partition coefficient (Wildman–Crippen LogP) is 3.25. The van der Waals surface area contributed by atoms with E-state index in [1.54, 1.807) is 0 Å². The van der Waals surface area contributed by atoms with Crippen LogP contribution in [0, 0.1) is 26.8 Å². The van der Waals surface area contributed by atoms with Crippen molar-refractivity contribution in [2.75, 3.05) is 6.61 Å². The lowest BCUT2D eigenvalue weighted by atomic mass is 9.86. The quantitative estimate of drug-likeness (QED) is 0.253. The number of amidine groups is 1. The van der Waals surface area contributed by atoms with Gasteiger partial charge < -0.3 is 10.5 Å². The van der Waals surface area contributed by atoms with Crippen molar-refractivity contribution in [1.82, 2.24) is 0 Å². The fourth-order valence-electron chi connectivity index (χ4n) is 1.76. The molecule has 6 nitrogen and oxygen atoms in total. The van der Waals surface area contributed by atoms with Gasteiger partial charge in [-0.15, -0.1) is 0 Å². The maximum absolute atomic E-state index is 13.5. The highest BCUT2D eigenvalue weighted by molar-refractivity contribution is 5.82. The number of nitro benzene ring substituents is 1. The first-order valence-corrected chi connectivity index (χ1v) is 6.66. The fourth-order valence-corrected chi connectivity index (χ4v) is 1.76. The molecule has 0 aliphatic carbocycles. The summed E-state index contributed by atoms with van der Waals surface area (Å²) in [6, 6.07) is 3.61. The highest BCUT2D eigenvalue weighted by Gasteiger charge is 2.21. The number of ether oxygens (including phenoxy) is 1. The van der Waals surface area contributed by atoms with Gasteiger partial charge in [-0.05, 0) is 25.3 Å². The van der Waals surface area contributed by atoms with Gasteiger partial charge in [-0.2, -0.15) is 0 Å². The van der Waals surface area contributed by atoms with Crippen molar-refractivity contribution in [3.05, 3.63) is 34.1 Å². The molecule has 0 atom stereocenters. The van der Waals surface area contributed by atoms with Crippen LogP contribution in [-0.2, 0) is 0 Å². The van der Waals surface area contributed by atoms with Crippen LogP contribution >= 0.6 is 0 Å². The van der Waals surface area contributed by atoms with E-state index in [1.165, 1.54) is 12.1 Å². The Morgan fingerprint density at radius 3 is 2.71 bits per heavy atom. The maximum Gasteiger partial charge on any atom is 0.314 e. The molecule has 0 bridgehead atoms. The van der Waals surface area contributed by atoms with Crippen LogP contribution in [0.1, 0.15) is 33.1 Å². The first-order valence-electron chi connectivity index (χ1n) is 6.66. The molecule has 0 saturated heterocycles. The van der Waals surface area contributed by atoms with Crippen LogP contribution in [0.2, 0.25) is 0 Å². The largest absolute Gasteiger partial charge is 0.485 e. The van der Waals surface area contributed by atoms with E-state index in [9.17, 15) is 14.5 Å². The van der Waals surface area contributed by atoms with Gasteiger partial charge in [0.1, 0.15) is 0 Å².